The zero-order chi connectivity index (χ0) is 12.9. The summed E-state index contributed by atoms with van der Waals surface area (Å²) < 4.78 is 0. The van der Waals surface area contributed by atoms with Crippen LogP contribution in [0.25, 0.3) is 0 Å². The summed E-state index contributed by atoms with van der Waals surface area (Å²) in [5.74, 6) is -0.0945. The van der Waals surface area contributed by atoms with Gasteiger partial charge in [0.05, 0.1) is 5.01 Å². The van der Waals surface area contributed by atoms with E-state index >= 15 is 0 Å². The summed E-state index contributed by atoms with van der Waals surface area (Å²) in [6.45, 7) is 6.73. The van der Waals surface area contributed by atoms with Gasteiger partial charge in [0, 0.05) is 17.3 Å². The first-order chi connectivity index (χ1) is 7.98. The molecule has 1 rings (SSSR count). The van der Waals surface area contributed by atoms with E-state index in [-0.39, 0.29) is 23.9 Å². The number of nitrogens with zero attached hydrogens (tertiary/aromatic N) is 1. The highest BCUT2D eigenvalue weighted by molar-refractivity contribution is 7.09. The average molecular weight is 292 g/mol. The molecule has 4 nitrogen and oxygen atoms in total. The van der Waals surface area contributed by atoms with Crippen LogP contribution < -0.4 is 11.1 Å². The molecule has 0 atom stereocenters. The van der Waals surface area contributed by atoms with Crippen LogP contribution >= 0.6 is 23.7 Å². The van der Waals surface area contributed by atoms with E-state index in [0.29, 0.717) is 12.2 Å². The van der Waals surface area contributed by atoms with Crippen molar-refractivity contribution in [3.63, 3.8) is 0 Å². The van der Waals surface area contributed by atoms with E-state index < -0.39 is 0 Å². The Bertz CT molecular complexity index is 379. The fourth-order valence-electron chi connectivity index (χ4n) is 1.71. The molecule has 1 aromatic rings. The van der Waals surface area contributed by atoms with Gasteiger partial charge in [-0.05, 0) is 26.8 Å². The van der Waals surface area contributed by atoms with Gasteiger partial charge in [-0.25, -0.2) is 4.98 Å². The minimum Gasteiger partial charge on any atom is -0.346 e. The Morgan fingerprint density at radius 2 is 2.22 bits per heavy atom. The Kier molecular flexibility index (Phi) is 7.43. The molecule has 0 radical (unpaired) electrons. The molecule has 1 amide bonds. The number of nitrogens with two attached hydrogens (primary N) is 1. The quantitative estimate of drug-likeness (QED) is 0.845. The van der Waals surface area contributed by atoms with Gasteiger partial charge in [0.25, 0.3) is 5.91 Å². The molecule has 0 bridgehead atoms. The van der Waals surface area contributed by atoms with Gasteiger partial charge < -0.3 is 11.1 Å². The Hall–Kier alpha value is -0.650. The van der Waals surface area contributed by atoms with Crippen molar-refractivity contribution < 1.29 is 4.79 Å². The fourth-order valence-corrected chi connectivity index (χ4v) is 2.51. The molecule has 1 heterocycles. The average Bonchev–Trinajstić information content (AvgIpc) is 2.66. The summed E-state index contributed by atoms with van der Waals surface area (Å²) in [6.07, 6.45) is 2.73. The maximum absolute atomic E-state index is 12.0. The number of carbonyl (C=O) groups excluding carboxylic acids is 1. The summed E-state index contributed by atoms with van der Waals surface area (Å²) in [7, 11) is 0. The van der Waals surface area contributed by atoms with Crippen molar-refractivity contribution in [2.24, 2.45) is 5.73 Å². The SMILES string of the molecule is CCCC(C)(C)NC(=O)c1csc(CCN)n1.Cl. The van der Waals surface area contributed by atoms with Crippen molar-refractivity contribution in [2.75, 3.05) is 6.54 Å². The summed E-state index contributed by atoms with van der Waals surface area (Å²) in [4.78, 5) is 16.2. The lowest BCUT2D eigenvalue weighted by Gasteiger charge is -2.25. The number of thiazole rings is 1. The van der Waals surface area contributed by atoms with Crippen molar-refractivity contribution in [3.05, 3.63) is 16.1 Å². The molecular formula is C12H22ClN3OS. The predicted octanol–water partition coefficient (Wildman–Crippen LogP) is 2.37. The topological polar surface area (TPSA) is 68.0 Å². The summed E-state index contributed by atoms with van der Waals surface area (Å²) >= 11 is 1.49. The van der Waals surface area contributed by atoms with Gasteiger partial charge in [-0.3, -0.25) is 4.79 Å². The van der Waals surface area contributed by atoms with E-state index in [0.717, 1.165) is 24.3 Å². The van der Waals surface area contributed by atoms with E-state index in [4.69, 9.17) is 5.73 Å². The second kappa shape index (κ2) is 7.71. The van der Waals surface area contributed by atoms with Gasteiger partial charge in [0.2, 0.25) is 0 Å². The molecule has 18 heavy (non-hydrogen) atoms. The van der Waals surface area contributed by atoms with Crippen molar-refractivity contribution in [1.29, 1.82) is 0 Å². The third-order valence-corrected chi connectivity index (χ3v) is 3.38. The number of nitrogens with one attached hydrogen (secondary N) is 1. The zero-order valence-corrected chi connectivity index (χ0v) is 12.8. The molecule has 0 aliphatic heterocycles. The minimum atomic E-state index is -0.177. The maximum atomic E-state index is 12.0. The molecule has 0 saturated heterocycles. The Labute approximate surface area is 119 Å². The third-order valence-electron chi connectivity index (χ3n) is 2.47. The Morgan fingerprint density at radius 3 is 2.78 bits per heavy atom. The molecule has 3 N–H and O–H groups in total. The molecule has 0 aliphatic carbocycles. The highest BCUT2D eigenvalue weighted by atomic mass is 35.5. The number of carbonyl (C=O) groups is 1. The summed E-state index contributed by atoms with van der Waals surface area (Å²) in [5, 5.41) is 5.72. The lowest BCUT2D eigenvalue weighted by molar-refractivity contribution is 0.0904. The van der Waals surface area contributed by atoms with Crippen molar-refractivity contribution in [2.45, 2.75) is 45.6 Å². The van der Waals surface area contributed by atoms with E-state index in [1.165, 1.54) is 11.3 Å². The van der Waals surface area contributed by atoms with Crippen LogP contribution in [0.2, 0.25) is 0 Å². The van der Waals surface area contributed by atoms with Crippen LogP contribution in [0.4, 0.5) is 0 Å². The highest BCUT2D eigenvalue weighted by Crippen LogP contribution is 2.14. The number of hydrogen-bond donors (Lipinski definition) is 2. The molecule has 0 aromatic carbocycles. The molecule has 1 aromatic heterocycles. The van der Waals surface area contributed by atoms with Gasteiger partial charge >= 0.3 is 0 Å². The maximum Gasteiger partial charge on any atom is 0.271 e. The lowest BCUT2D eigenvalue weighted by Crippen LogP contribution is -2.43. The van der Waals surface area contributed by atoms with E-state index in [2.05, 4.69) is 17.2 Å². The molecule has 6 heteroatoms. The number of aromatic nitrogens is 1. The summed E-state index contributed by atoms with van der Waals surface area (Å²) in [5.41, 5.74) is 5.78. The van der Waals surface area contributed by atoms with E-state index in [1.54, 1.807) is 5.38 Å². The van der Waals surface area contributed by atoms with Crippen LogP contribution in [0.3, 0.4) is 0 Å². The zero-order valence-electron chi connectivity index (χ0n) is 11.2. The third kappa shape index (κ3) is 5.33. The number of amides is 1. The molecule has 0 unspecified atom stereocenters. The van der Waals surface area contributed by atoms with Gasteiger partial charge in [-0.1, -0.05) is 13.3 Å². The van der Waals surface area contributed by atoms with Crippen molar-refractivity contribution >= 4 is 29.7 Å². The van der Waals surface area contributed by atoms with Crippen molar-refractivity contribution in [1.82, 2.24) is 10.3 Å². The van der Waals surface area contributed by atoms with Crippen LogP contribution in [0.15, 0.2) is 5.38 Å². The van der Waals surface area contributed by atoms with Gasteiger partial charge in [0.1, 0.15) is 5.69 Å². The van der Waals surface area contributed by atoms with Crippen molar-refractivity contribution in [3.8, 4) is 0 Å². The largest absolute Gasteiger partial charge is 0.346 e. The fraction of sp³-hybridized carbons (Fsp3) is 0.667. The van der Waals surface area contributed by atoms with Gasteiger partial charge in [0.15, 0.2) is 0 Å². The second-order valence-corrected chi connectivity index (χ2v) is 5.70. The Morgan fingerprint density at radius 1 is 1.56 bits per heavy atom. The number of halogens is 1. The van der Waals surface area contributed by atoms with Crippen LogP contribution in [0, 0.1) is 0 Å². The van der Waals surface area contributed by atoms with Crippen LogP contribution in [0.5, 0.6) is 0 Å². The predicted molar refractivity (Wildman–Crippen MR) is 78.6 cm³/mol. The Balaban J connectivity index is 0.00000289. The first-order valence-corrected chi connectivity index (χ1v) is 6.83. The molecule has 0 fully saturated rings. The smallest absolute Gasteiger partial charge is 0.271 e. The second-order valence-electron chi connectivity index (χ2n) is 4.75. The van der Waals surface area contributed by atoms with Crippen LogP contribution in [-0.4, -0.2) is 23.0 Å². The molecule has 0 aliphatic rings. The molecule has 104 valence electrons. The van der Waals surface area contributed by atoms with Gasteiger partial charge in [-0.2, -0.15) is 0 Å². The normalized spacial score (nSPS) is 10.9. The minimum absolute atomic E-state index is 0. The number of hydrogen-bond acceptors (Lipinski definition) is 4. The molecule has 0 saturated carbocycles. The first-order valence-electron chi connectivity index (χ1n) is 5.95. The van der Waals surface area contributed by atoms with Gasteiger partial charge in [-0.15, -0.1) is 23.7 Å². The molecular weight excluding hydrogens is 270 g/mol. The van der Waals surface area contributed by atoms with Crippen LogP contribution in [-0.2, 0) is 6.42 Å². The van der Waals surface area contributed by atoms with Crippen LogP contribution in [0.1, 0.15) is 49.1 Å². The van der Waals surface area contributed by atoms with E-state index in [1.807, 2.05) is 13.8 Å². The number of rotatable bonds is 6. The highest BCUT2D eigenvalue weighted by Gasteiger charge is 2.21. The van der Waals surface area contributed by atoms with E-state index in [9.17, 15) is 4.79 Å². The molecule has 0 spiro atoms. The monoisotopic (exact) mass is 291 g/mol. The standard InChI is InChI=1S/C12H21N3OS.ClH/c1-4-6-12(2,3)15-11(16)9-8-17-10(14-9)5-7-13;/h8H,4-7,13H2,1-3H3,(H,15,16);1H. The summed E-state index contributed by atoms with van der Waals surface area (Å²) in [6, 6.07) is 0. The lowest BCUT2D eigenvalue weighted by atomic mass is 9.99. The first kappa shape index (κ1) is 17.4.